The summed E-state index contributed by atoms with van der Waals surface area (Å²) in [6, 6.07) is 3.32. The van der Waals surface area contributed by atoms with Gasteiger partial charge in [-0.15, -0.1) is 0 Å². The van der Waals surface area contributed by atoms with Gasteiger partial charge in [0, 0.05) is 44.6 Å². The Balaban J connectivity index is 1.19. The molecule has 4 fully saturated rings. The first-order chi connectivity index (χ1) is 24.4. The number of aromatic nitrogens is 1. The topological polar surface area (TPSA) is 164 Å². The van der Waals surface area contributed by atoms with E-state index >= 15 is 0 Å². The Morgan fingerprint density at radius 1 is 1.02 bits per heavy atom. The van der Waals surface area contributed by atoms with Gasteiger partial charge in [-0.25, -0.2) is 9.78 Å². The Hall–Kier alpha value is -3.59. The molecule has 2 aliphatic heterocycles. The van der Waals surface area contributed by atoms with Gasteiger partial charge in [-0.05, 0) is 48.6 Å². The van der Waals surface area contributed by atoms with Crippen LogP contribution in [0.25, 0.3) is 10.9 Å². The van der Waals surface area contributed by atoms with Crippen LogP contribution in [0.15, 0.2) is 18.2 Å². The molecule has 0 bridgehead atoms. The molecule has 6 rings (SSSR count). The number of nitrogens with one attached hydrogen (secondary N) is 1. The highest BCUT2D eigenvalue weighted by atomic mass is 35.5. The van der Waals surface area contributed by atoms with Crippen LogP contribution < -0.4 is 25.3 Å². The Labute approximate surface area is 303 Å². The van der Waals surface area contributed by atoms with E-state index in [9.17, 15) is 14.4 Å². The summed E-state index contributed by atoms with van der Waals surface area (Å²) in [5, 5.41) is 3.70. The summed E-state index contributed by atoms with van der Waals surface area (Å²) in [7, 11) is 1.58. The normalized spacial score (nSPS) is 25.3. The molecule has 51 heavy (non-hydrogen) atoms. The van der Waals surface area contributed by atoms with Crippen molar-refractivity contribution in [2.75, 3.05) is 66.3 Å². The number of nitrogens with two attached hydrogens (primary N) is 1. The Bertz CT molecular complexity index is 1570. The summed E-state index contributed by atoms with van der Waals surface area (Å²) in [6.07, 6.45) is 1.67. The van der Waals surface area contributed by atoms with Crippen LogP contribution in [-0.2, 0) is 23.8 Å². The number of carbonyl (C=O) groups excluding carboxylic acids is 3. The van der Waals surface area contributed by atoms with Gasteiger partial charge in [0.1, 0.15) is 59.5 Å². The largest absolute Gasteiger partial charge is 0.491 e. The van der Waals surface area contributed by atoms with E-state index in [0.717, 1.165) is 32.5 Å². The minimum absolute atomic E-state index is 0.0574. The van der Waals surface area contributed by atoms with Gasteiger partial charge in [-0.2, -0.15) is 0 Å². The van der Waals surface area contributed by atoms with Crippen molar-refractivity contribution < 1.29 is 42.8 Å². The second kappa shape index (κ2) is 16.0. The monoisotopic (exact) mass is 731 g/mol. The average molecular weight is 732 g/mol. The van der Waals surface area contributed by atoms with Crippen molar-refractivity contribution in [2.24, 2.45) is 23.0 Å². The number of fused-ring (bicyclic) bond motifs is 2. The zero-order valence-electron chi connectivity index (χ0n) is 29.9. The van der Waals surface area contributed by atoms with Crippen molar-refractivity contribution in [2.45, 2.75) is 70.7 Å². The number of hydrogen-bond acceptors (Lipinski definition) is 11. The maximum atomic E-state index is 14.1. The average Bonchev–Trinajstić information content (AvgIpc) is 3.47. The van der Waals surface area contributed by atoms with E-state index in [-0.39, 0.29) is 31.6 Å². The predicted octanol–water partition coefficient (Wildman–Crippen LogP) is 3.40. The lowest BCUT2D eigenvalue weighted by atomic mass is 9.85. The fourth-order valence-corrected chi connectivity index (χ4v) is 7.52. The number of methoxy groups -OCH3 is 1. The number of ether oxygens (including phenoxy) is 6. The van der Waals surface area contributed by atoms with Crippen molar-refractivity contribution in [1.82, 2.24) is 20.1 Å². The number of benzene rings is 1. The third-order valence-corrected chi connectivity index (χ3v) is 10.5. The summed E-state index contributed by atoms with van der Waals surface area (Å²) in [5.41, 5.74) is 5.57. The van der Waals surface area contributed by atoms with Crippen molar-refractivity contribution in [3.63, 3.8) is 0 Å². The number of halogens is 1. The maximum absolute atomic E-state index is 14.1. The lowest BCUT2D eigenvalue weighted by molar-refractivity contribution is -0.141. The van der Waals surface area contributed by atoms with Crippen LogP contribution in [0, 0.1) is 17.3 Å². The third-order valence-electron chi connectivity index (χ3n) is 10.1. The van der Waals surface area contributed by atoms with E-state index in [1.165, 1.54) is 11.3 Å². The number of nitrogens with zero attached hydrogens (tertiary/aromatic N) is 3. The van der Waals surface area contributed by atoms with Gasteiger partial charge in [0.05, 0.1) is 26.4 Å². The molecular formula is C36H50ClN5O9. The summed E-state index contributed by atoms with van der Waals surface area (Å²) < 4.78 is 34.7. The Kier molecular flexibility index (Phi) is 11.6. The molecule has 0 radical (unpaired) electrons. The number of rotatable bonds is 14. The van der Waals surface area contributed by atoms with E-state index in [2.05, 4.69) is 15.2 Å². The van der Waals surface area contributed by atoms with Gasteiger partial charge < -0.3 is 44.4 Å². The minimum Gasteiger partial charge on any atom is -0.491 e. The maximum Gasteiger partial charge on any atom is 0.408 e. The fraction of sp³-hybridized carbons (Fsp3) is 0.667. The van der Waals surface area contributed by atoms with E-state index in [4.69, 9.17) is 45.8 Å². The van der Waals surface area contributed by atoms with Crippen molar-refractivity contribution >= 4 is 40.4 Å². The number of primary amides is 1. The zero-order valence-corrected chi connectivity index (χ0v) is 30.6. The van der Waals surface area contributed by atoms with Gasteiger partial charge in [0.2, 0.25) is 17.7 Å². The summed E-state index contributed by atoms with van der Waals surface area (Å²) in [6.45, 7) is 10.4. The standard InChI is InChI=1S/C36H50ClN5O9/c1-36(2,3)32(40-35(45)51-23-16-21-15-22(21)17-23)34(44)42-20-24(18-26(42)33(38)43)50-28-19-29(49-14-13-46-4)39-31-25(28)5-6-27(30(31)37)48-12-9-41-7-10-47-11-8-41/h5-6,19,21-24,26,32H,7-18,20H2,1-4H3,(H2,38,43)(H,40,45)/t21-,22+,23?,24?,26-,32+/m0/s1. The number of amides is 3. The summed E-state index contributed by atoms with van der Waals surface area (Å²) >= 11 is 6.88. The SMILES string of the molecule is COCCOc1cc(OC2C[C@@H](C(N)=O)N(C(=O)[C@@H](NC(=O)OC3C[C@@H]4C[C@@H]4C3)C(C)(C)C)C2)c2ccc(OCCN3CCOCC3)c(Cl)c2n1. The molecule has 2 aliphatic carbocycles. The molecule has 1 aromatic heterocycles. The first kappa shape index (κ1) is 37.2. The Morgan fingerprint density at radius 2 is 1.76 bits per heavy atom. The van der Waals surface area contributed by atoms with E-state index in [1.54, 1.807) is 19.2 Å². The van der Waals surface area contributed by atoms with Crippen LogP contribution in [0.5, 0.6) is 17.4 Å². The molecule has 3 N–H and O–H groups in total. The second-order valence-electron chi connectivity index (χ2n) is 15.0. The fourth-order valence-electron chi connectivity index (χ4n) is 7.26. The molecule has 2 saturated carbocycles. The molecule has 14 nitrogen and oxygen atoms in total. The molecule has 1 aromatic carbocycles. The summed E-state index contributed by atoms with van der Waals surface area (Å²) in [4.78, 5) is 48.2. The van der Waals surface area contributed by atoms with E-state index < -0.39 is 41.5 Å². The molecule has 2 saturated heterocycles. The van der Waals surface area contributed by atoms with E-state index in [1.807, 2.05) is 26.8 Å². The highest BCUT2D eigenvalue weighted by Gasteiger charge is 2.48. The highest BCUT2D eigenvalue weighted by Crippen LogP contribution is 2.52. The van der Waals surface area contributed by atoms with Crippen molar-refractivity contribution in [3.05, 3.63) is 23.2 Å². The zero-order chi connectivity index (χ0) is 36.3. The molecule has 15 heteroatoms. The van der Waals surface area contributed by atoms with Crippen LogP contribution in [0.3, 0.4) is 0 Å². The van der Waals surface area contributed by atoms with Crippen LogP contribution in [-0.4, -0.2) is 123 Å². The number of hydrogen-bond donors (Lipinski definition) is 2. The number of pyridine rings is 1. The number of morpholine rings is 1. The molecule has 4 aliphatic rings. The molecule has 6 atom stereocenters. The van der Waals surface area contributed by atoms with Gasteiger partial charge in [-0.3, -0.25) is 14.5 Å². The quantitative estimate of drug-likeness (QED) is 0.274. The van der Waals surface area contributed by atoms with Crippen LogP contribution >= 0.6 is 11.6 Å². The molecule has 3 heterocycles. The van der Waals surface area contributed by atoms with Gasteiger partial charge >= 0.3 is 6.09 Å². The molecular weight excluding hydrogens is 682 g/mol. The van der Waals surface area contributed by atoms with Crippen molar-refractivity contribution in [3.8, 4) is 17.4 Å². The predicted molar refractivity (Wildman–Crippen MR) is 188 cm³/mol. The third kappa shape index (κ3) is 9.08. The first-order valence-electron chi connectivity index (χ1n) is 17.8. The van der Waals surface area contributed by atoms with E-state index in [0.29, 0.717) is 65.7 Å². The minimum atomic E-state index is -0.968. The van der Waals surface area contributed by atoms with Crippen LogP contribution in [0.1, 0.15) is 46.5 Å². The van der Waals surface area contributed by atoms with Crippen LogP contribution in [0.4, 0.5) is 4.79 Å². The molecule has 0 spiro atoms. The smallest absolute Gasteiger partial charge is 0.408 e. The number of alkyl carbamates (subject to hydrolysis) is 1. The first-order valence-corrected chi connectivity index (χ1v) is 18.2. The second-order valence-corrected chi connectivity index (χ2v) is 15.3. The van der Waals surface area contributed by atoms with Gasteiger partial charge in [-0.1, -0.05) is 32.4 Å². The molecule has 2 unspecified atom stereocenters. The van der Waals surface area contributed by atoms with Gasteiger partial charge in [0.25, 0.3) is 0 Å². The highest BCUT2D eigenvalue weighted by molar-refractivity contribution is 6.36. The lowest BCUT2D eigenvalue weighted by Crippen LogP contribution is -2.57. The molecule has 280 valence electrons. The Morgan fingerprint density at radius 3 is 2.45 bits per heavy atom. The number of carbonyl (C=O) groups is 3. The van der Waals surface area contributed by atoms with Crippen LogP contribution in [0.2, 0.25) is 5.02 Å². The lowest BCUT2D eigenvalue weighted by Gasteiger charge is -2.35. The molecule has 2 aromatic rings. The van der Waals surface area contributed by atoms with Crippen molar-refractivity contribution in [1.29, 1.82) is 0 Å². The molecule has 3 amide bonds. The summed E-state index contributed by atoms with van der Waals surface area (Å²) in [5.74, 6) is 1.31. The van der Waals surface area contributed by atoms with Gasteiger partial charge in [0.15, 0.2) is 0 Å². The number of likely N-dealkylation sites (tertiary alicyclic amines) is 1.